The number of hydrazine groups is 1. The lowest BCUT2D eigenvalue weighted by Gasteiger charge is -2.20. The van der Waals surface area contributed by atoms with Gasteiger partial charge in [-0.05, 0) is 31.2 Å². The standard InChI is InChI=1S/C15H18N4O2/c1-10-8-11(9-14(17-10)18-16)15(20)19(2)12-6-4-5-7-13(12)21-3/h4-9H,16H2,1-3H3,(H,17,18). The molecule has 0 spiro atoms. The van der Waals surface area contributed by atoms with Gasteiger partial charge in [-0.1, -0.05) is 12.1 Å². The summed E-state index contributed by atoms with van der Waals surface area (Å²) in [5.74, 6) is 6.28. The van der Waals surface area contributed by atoms with Gasteiger partial charge in [0.2, 0.25) is 0 Å². The van der Waals surface area contributed by atoms with Gasteiger partial charge in [-0.15, -0.1) is 0 Å². The third-order valence-electron chi connectivity index (χ3n) is 3.10. The van der Waals surface area contributed by atoms with Crippen molar-refractivity contribution >= 4 is 17.4 Å². The normalized spacial score (nSPS) is 10.1. The number of benzene rings is 1. The lowest BCUT2D eigenvalue weighted by atomic mass is 10.2. The van der Waals surface area contributed by atoms with E-state index < -0.39 is 0 Å². The average Bonchev–Trinajstić information content (AvgIpc) is 2.52. The zero-order valence-corrected chi connectivity index (χ0v) is 12.3. The maximum Gasteiger partial charge on any atom is 0.258 e. The highest BCUT2D eigenvalue weighted by Crippen LogP contribution is 2.28. The van der Waals surface area contributed by atoms with Crippen molar-refractivity contribution in [2.75, 3.05) is 24.5 Å². The summed E-state index contributed by atoms with van der Waals surface area (Å²) in [6, 6.07) is 10.7. The number of nitrogens with zero attached hydrogens (tertiary/aromatic N) is 2. The van der Waals surface area contributed by atoms with E-state index in [0.717, 1.165) is 0 Å². The van der Waals surface area contributed by atoms with Crippen LogP contribution in [0.25, 0.3) is 0 Å². The SMILES string of the molecule is COc1ccccc1N(C)C(=O)c1cc(C)nc(NN)c1. The molecule has 21 heavy (non-hydrogen) atoms. The summed E-state index contributed by atoms with van der Waals surface area (Å²) in [6.07, 6.45) is 0. The largest absolute Gasteiger partial charge is 0.495 e. The minimum absolute atomic E-state index is 0.165. The van der Waals surface area contributed by atoms with Crippen LogP contribution in [0.5, 0.6) is 5.75 Å². The highest BCUT2D eigenvalue weighted by atomic mass is 16.5. The molecule has 0 aliphatic rings. The van der Waals surface area contributed by atoms with Crippen molar-refractivity contribution in [3.05, 3.63) is 47.7 Å². The Labute approximate surface area is 123 Å². The Morgan fingerprint density at radius 2 is 2.05 bits per heavy atom. The summed E-state index contributed by atoms with van der Waals surface area (Å²) in [6.45, 7) is 1.81. The molecule has 1 amide bonds. The van der Waals surface area contributed by atoms with Crippen molar-refractivity contribution in [3.63, 3.8) is 0 Å². The van der Waals surface area contributed by atoms with E-state index in [-0.39, 0.29) is 5.91 Å². The Hall–Kier alpha value is -2.60. The number of carbonyl (C=O) groups is 1. The molecule has 2 aromatic rings. The number of hydrogen-bond donors (Lipinski definition) is 2. The first-order valence-electron chi connectivity index (χ1n) is 6.43. The minimum atomic E-state index is -0.165. The van der Waals surface area contributed by atoms with Crippen LogP contribution in [0.15, 0.2) is 36.4 Å². The Morgan fingerprint density at radius 3 is 2.71 bits per heavy atom. The maximum absolute atomic E-state index is 12.6. The molecule has 3 N–H and O–H groups in total. The fourth-order valence-electron chi connectivity index (χ4n) is 2.08. The summed E-state index contributed by atoms with van der Waals surface area (Å²) in [5.41, 5.74) is 4.37. The van der Waals surface area contributed by atoms with Gasteiger partial charge >= 0.3 is 0 Å². The molecule has 0 radical (unpaired) electrons. The fourth-order valence-corrected chi connectivity index (χ4v) is 2.08. The average molecular weight is 286 g/mol. The summed E-state index contributed by atoms with van der Waals surface area (Å²) in [7, 11) is 3.27. The van der Waals surface area contributed by atoms with Crippen molar-refractivity contribution in [3.8, 4) is 5.75 Å². The lowest BCUT2D eigenvalue weighted by molar-refractivity contribution is 0.0992. The van der Waals surface area contributed by atoms with Gasteiger partial charge in [0.1, 0.15) is 11.6 Å². The fraction of sp³-hybridized carbons (Fsp3) is 0.200. The zero-order chi connectivity index (χ0) is 15.4. The van der Waals surface area contributed by atoms with Crippen molar-refractivity contribution in [1.82, 2.24) is 4.98 Å². The molecule has 0 atom stereocenters. The van der Waals surface area contributed by atoms with Crippen LogP contribution in [0.4, 0.5) is 11.5 Å². The van der Waals surface area contributed by atoms with Crippen LogP contribution in [0.2, 0.25) is 0 Å². The third kappa shape index (κ3) is 3.11. The second kappa shape index (κ2) is 6.23. The van der Waals surface area contributed by atoms with Gasteiger partial charge in [-0.2, -0.15) is 0 Å². The van der Waals surface area contributed by atoms with Crippen molar-refractivity contribution in [1.29, 1.82) is 0 Å². The van der Waals surface area contributed by atoms with Gasteiger partial charge in [0.05, 0.1) is 12.8 Å². The van der Waals surface area contributed by atoms with E-state index in [9.17, 15) is 4.79 Å². The number of aryl methyl sites for hydroxylation is 1. The summed E-state index contributed by atoms with van der Waals surface area (Å²) < 4.78 is 5.28. The number of ether oxygens (including phenoxy) is 1. The molecule has 6 heteroatoms. The smallest absolute Gasteiger partial charge is 0.258 e. The molecule has 6 nitrogen and oxygen atoms in total. The Morgan fingerprint density at radius 1 is 1.33 bits per heavy atom. The van der Waals surface area contributed by atoms with Gasteiger partial charge in [0.15, 0.2) is 0 Å². The number of pyridine rings is 1. The number of rotatable bonds is 4. The molecule has 1 aromatic carbocycles. The van der Waals surface area contributed by atoms with Crippen LogP contribution in [0.1, 0.15) is 16.1 Å². The number of nitrogens with two attached hydrogens (primary N) is 1. The van der Waals surface area contributed by atoms with Crippen molar-refractivity contribution < 1.29 is 9.53 Å². The minimum Gasteiger partial charge on any atom is -0.495 e. The molecule has 1 heterocycles. The van der Waals surface area contributed by atoms with Crippen LogP contribution in [-0.2, 0) is 0 Å². The Bertz CT molecular complexity index is 658. The highest BCUT2D eigenvalue weighted by Gasteiger charge is 2.17. The van der Waals surface area contributed by atoms with E-state index in [1.807, 2.05) is 24.3 Å². The van der Waals surface area contributed by atoms with Gasteiger partial charge in [-0.3, -0.25) is 4.79 Å². The van der Waals surface area contributed by atoms with Crippen molar-refractivity contribution in [2.45, 2.75) is 6.92 Å². The zero-order valence-electron chi connectivity index (χ0n) is 12.3. The third-order valence-corrected chi connectivity index (χ3v) is 3.10. The second-order valence-corrected chi connectivity index (χ2v) is 4.56. The number of methoxy groups -OCH3 is 1. The van der Waals surface area contributed by atoms with Crippen molar-refractivity contribution in [2.24, 2.45) is 5.84 Å². The van der Waals surface area contributed by atoms with Crippen LogP contribution in [0, 0.1) is 6.92 Å². The maximum atomic E-state index is 12.6. The number of para-hydroxylation sites is 2. The molecular weight excluding hydrogens is 268 g/mol. The molecule has 0 saturated heterocycles. The first kappa shape index (κ1) is 14.8. The van der Waals surface area contributed by atoms with Crippen LogP contribution >= 0.6 is 0 Å². The number of hydrogen-bond acceptors (Lipinski definition) is 5. The number of carbonyl (C=O) groups excluding carboxylic acids is 1. The number of anilines is 2. The number of amides is 1. The van der Waals surface area contributed by atoms with E-state index in [1.54, 1.807) is 33.2 Å². The predicted molar refractivity (Wildman–Crippen MR) is 82.5 cm³/mol. The molecule has 110 valence electrons. The van der Waals surface area contributed by atoms with E-state index in [4.69, 9.17) is 10.6 Å². The summed E-state index contributed by atoms with van der Waals surface area (Å²) in [5, 5.41) is 0. The monoisotopic (exact) mass is 286 g/mol. The van der Waals surface area contributed by atoms with Gasteiger partial charge in [0, 0.05) is 18.3 Å². The molecule has 0 aliphatic heterocycles. The molecule has 2 rings (SSSR count). The van der Waals surface area contributed by atoms with E-state index >= 15 is 0 Å². The molecule has 0 unspecified atom stereocenters. The first-order chi connectivity index (χ1) is 10.1. The van der Waals surface area contributed by atoms with Gasteiger partial charge in [0.25, 0.3) is 5.91 Å². The van der Waals surface area contributed by atoms with Gasteiger partial charge < -0.3 is 15.1 Å². The summed E-state index contributed by atoms with van der Waals surface area (Å²) >= 11 is 0. The predicted octanol–water partition coefficient (Wildman–Crippen LogP) is 1.96. The highest BCUT2D eigenvalue weighted by molar-refractivity contribution is 6.06. The summed E-state index contributed by atoms with van der Waals surface area (Å²) in [4.78, 5) is 18.3. The number of aromatic nitrogens is 1. The quantitative estimate of drug-likeness (QED) is 0.663. The van der Waals surface area contributed by atoms with Gasteiger partial charge in [-0.25, -0.2) is 10.8 Å². The van der Waals surface area contributed by atoms with E-state index in [0.29, 0.717) is 28.5 Å². The number of nitrogens with one attached hydrogen (secondary N) is 1. The molecule has 1 aromatic heterocycles. The molecule has 0 bridgehead atoms. The van der Waals surface area contributed by atoms with E-state index in [2.05, 4.69) is 10.4 Å². The van der Waals surface area contributed by atoms with E-state index in [1.165, 1.54) is 4.90 Å². The first-order valence-corrected chi connectivity index (χ1v) is 6.43. The van der Waals surface area contributed by atoms with Crippen LogP contribution in [-0.4, -0.2) is 25.0 Å². The Kier molecular flexibility index (Phi) is 4.39. The lowest BCUT2D eigenvalue weighted by Crippen LogP contribution is -2.27. The molecule has 0 aliphatic carbocycles. The Balaban J connectivity index is 2.37. The van der Waals surface area contributed by atoms with Crippen LogP contribution in [0.3, 0.4) is 0 Å². The second-order valence-electron chi connectivity index (χ2n) is 4.56. The number of nitrogen functional groups attached to an aromatic ring is 1. The molecule has 0 saturated carbocycles. The van der Waals surface area contributed by atoms with Crippen LogP contribution < -0.4 is 20.9 Å². The molecular formula is C15H18N4O2. The topological polar surface area (TPSA) is 80.5 Å². The molecule has 0 fully saturated rings.